The third-order valence-electron chi connectivity index (χ3n) is 1.76. The van der Waals surface area contributed by atoms with Gasteiger partial charge in [-0.3, -0.25) is 0 Å². The molecular weight excluding hydrogens is 169 g/mol. The summed E-state index contributed by atoms with van der Waals surface area (Å²) in [6.45, 7) is 0. The van der Waals surface area contributed by atoms with E-state index in [0.29, 0.717) is 5.75 Å². The molecule has 5 heteroatoms. The Morgan fingerprint density at radius 3 is 2.77 bits per heavy atom. The molecule has 13 heavy (non-hydrogen) atoms. The first-order valence-corrected chi connectivity index (χ1v) is 3.86. The van der Waals surface area contributed by atoms with E-state index in [4.69, 9.17) is 14.8 Å². The van der Waals surface area contributed by atoms with Crippen LogP contribution in [0.15, 0.2) is 36.1 Å². The Labute approximate surface area is 75.6 Å². The molecular formula is C8H8BNO3. The molecule has 0 unspecified atom stereocenters. The van der Waals surface area contributed by atoms with Gasteiger partial charge in [0.05, 0.1) is 11.3 Å². The third kappa shape index (κ3) is 1.51. The Kier molecular flexibility index (Phi) is 1.96. The molecule has 0 atom stereocenters. The van der Waals surface area contributed by atoms with Gasteiger partial charge < -0.3 is 20.1 Å². The molecule has 0 aromatic heterocycles. The van der Waals surface area contributed by atoms with Crippen LogP contribution >= 0.6 is 0 Å². The maximum Gasteiger partial charge on any atom is 0.508 e. The Morgan fingerprint density at radius 2 is 2.00 bits per heavy atom. The highest BCUT2D eigenvalue weighted by Crippen LogP contribution is 2.28. The molecule has 1 aromatic carbocycles. The number of rotatable bonds is 1. The summed E-state index contributed by atoms with van der Waals surface area (Å²) in [5.74, 6) is 0.673. The molecule has 1 aromatic rings. The van der Waals surface area contributed by atoms with Gasteiger partial charge >= 0.3 is 7.12 Å². The summed E-state index contributed by atoms with van der Waals surface area (Å²) in [6.07, 6.45) is 1.28. The molecule has 4 nitrogen and oxygen atoms in total. The Balaban J connectivity index is 2.28. The van der Waals surface area contributed by atoms with E-state index in [0.717, 1.165) is 5.69 Å². The first-order valence-electron chi connectivity index (χ1n) is 3.86. The second kappa shape index (κ2) is 3.12. The van der Waals surface area contributed by atoms with Gasteiger partial charge in [-0.2, -0.15) is 0 Å². The van der Waals surface area contributed by atoms with Crippen molar-refractivity contribution in [1.29, 1.82) is 0 Å². The number of hydrogen-bond donors (Lipinski definition) is 3. The fraction of sp³-hybridized carbons (Fsp3) is 0. The van der Waals surface area contributed by atoms with E-state index in [9.17, 15) is 0 Å². The minimum Gasteiger partial charge on any atom is -0.462 e. The average Bonchev–Trinajstić information content (AvgIpc) is 2.17. The van der Waals surface area contributed by atoms with E-state index in [1.54, 1.807) is 12.1 Å². The van der Waals surface area contributed by atoms with Crippen molar-refractivity contribution in [1.82, 2.24) is 0 Å². The lowest BCUT2D eigenvalue weighted by Crippen LogP contribution is -2.24. The van der Waals surface area contributed by atoms with Gasteiger partial charge in [0.25, 0.3) is 0 Å². The van der Waals surface area contributed by atoms with Crippen LogP contribution in [0, 0.1) is 0 Å². The standard InChI is InChI=1S/C8H8BNO3/c11-9(12)8-5-13-7-4-2-1-3-6(7)10-8/h1-5,10-12H. The minimum absolute atomic E-state index is 0.235. The number of fused-ring (bicyclic) bond motifs is 1. The molecule has 1 aliphatic rings. The van der Waals surface area contributed by atoms with Crippen LogP contribution in [0.4, 0.5) is 5.69 Å². The van der Waals surface area contributed by atoms with E-state index in [2.05, 4.69) is 5.32 Å². The third-order valence-corrected chi connectivity index (χ3v) is 1.76. The van der Waals surface area contributed by atoms with Crippen molar-refractivity contribution < 1.29 is 14.8 Å². The summed E-state index contributed by atoms with van der Waals surface area (Å²) in [6, 6.07) is 7.26. The molecule has 66 valence electrons. The van der Waals surface area contributed by atoms with Crippen molar-refractivity contribution in [2.75, 3.05) is 5.32 Å². The van der Waals surface area contributed by atoms with Gasteiger partial charge in [0.1, 0.15) is 12.0 Å². The van der Waals surface area contributed by atoms with Crippen LogP contribution in [0.3, 0.4) is 0 Å². The number of nitrogens with one attached hydrogen (secondary N) is 1. The van der Waals surface area contributed by atoms with Crippen molar-refractivity contribution in [3.8, 4) is 5.75 Å². The fourth-order valence-electron chi connectivity index (χ4n) is 1.11. The predicted molar refractivity (Wildman–Crippen MR) is 49.0 cm³/mol. The van der Waals surface area contributed by atoms with Gasteiger partial charge in [-0.25, -0.2) is 0 Å². The monoisotopic (exact) mass is 177 g/mol. The second-order valence-corrected chi connectivity index (χ2v) is 2.69. The molecule has 0 radical (unpaired) electrons. The van der Waals surface area contributed by atoms with Crippen molar-refractivity contribution in [3.05, 3.63) is 36.1 Å². The lowest BCUT2D eigenvalue weighted by molar-refractivity contribution is 0.410. The van der Waals surface area contributed by atoms with Crippen molar-refractivity contribution in [3.63, 3.8) is 0 Å². The topological polar surface area (TPSA) is 61.7 Å². The number of ether oxygens (including phenoxy) is 1. The molecule has 0 bridgehead atoms. The van der Waals surface area contributed by atoms with Crippen molar-refractivity contribution in [2.24, 2.45) is 0 Å². The van der Waals surface area contributed by atoms with E-state index in [1.165, 1.54) is 6.26 Å². The Bertz CT molecular complexity index is 351. The molecule has 0 fully saturated rings. The quantitative estimate of drug-likeness (QED) is 0.541. The van der Waals surface area contributed by atoms with E-state index >= 15 is 0 Å². The highest BCUT2D eigenvalue weighted by Gasteiger charge is 2.20. The molecule has 0 spiro atoms. The summed E-state index contributed by atoms with van der Waals surface area (Å²) in [5.41, 5.74) is 0.965. The van der Waals surface area contributed by atoms with Gasteiger partial charge in [-0.1, -0.05) is 12.1 Å². The number of para-hydroxylation sites is 2. The normalized spacial score (nSPS) is 13.5. The fourth-order valence-corrected chi connectivity index (χ4v) is 1.11. The molecule has 0 amide bonds. The van der Waals surface area contributed by atoms with Crippen LogP contribution in [0.5, 0.6) is 5.75 Å². The SMILES string of the molecule is OB(O)C1=COc2ccccc2N1. The predicted octanol–water partition coefficient (Wildman–Crippen LogP) is 0.344. The van der Waals surface area contributed by atoms with Crippen molar-refractivity contribution in [2.45, 2.75) is 0 Å². The lowest BCUT2D eigenvalue weighted by atomic mass is 9.86. The van der Waals surface area contributed by atoms with Crippen LogP contribution in [-0.4, -0.2) is 17.2 Å². The molecule has 1 heterocycles. The smallest absolute Gasteiger partial charge is 0.462 e. The zero-order valence-electron chi connectivity index (χ0n) is 6.77. The van der Waals surface area contributed by atoms with E-state index in [-0.39, 0.29) is 5.60 Å². The number of anilines is 1. The second-order valence-electron chi connectivity index (χ2n) is 2.69. The zero-order valence-corrected chi connectivity index (χ0v) is 6.77. The maximum absolute atomic E-state index is 8.85. The highest BCUT2D eigenvalue weighted by molar-refractivity contribution is 6.51. The van der Waals surface area contributed by atoms with E-state index < -0.39 is 7.12 Å². The van der Waals surface area contributed by atoms with Gasteiger partial charge in [0, 0.05) is 0 Å². The summed E-state index contributed by atoms with van der Waals surface area (Å²) >= 11 is 0. The van der Waals surface area contributed by atoms with Gasteiger partial charge in [-0.05, 0) is 12.1 Å². The molecule has 0 saturated heterocycles. The first kappa shape index (κ1) is 8.16. The minimum atomic E-state index is -1.53. The first-order chi connectivity index (χ1) is 6.27. The van der Waals surface area contributed by atoms with Crippen molar-refractivity contribution >= 4 is 12.8 Å². The number of hydrogen-bond acceptors (Lipinski definition) is 4. The average molecular weight is 177 g/mol. The summed E-state index contributed by atoms with van der Waals surface area (Å²) in [7, 11) is -1.53. The maximum atomic E-state index is 8.85. The highest BCUT2D eigenvalue weighted by atomic mass is 16.5. The summed E-state index contributed by atoms with van der Waals surface area (Å²) < 4.78 is 5.15. The van der Waals surface area contributed by atoms with Crippen LogP contribution in [0.25, 0.3) is 0 Å². The molecule has 2 rings (SSSR count). The largest absolute Gasteiger partial charge is 0.508 e. The van der Waals surface area contributed by atoms with Gasteiger partial charge in [0.2, 0.25) is 0 Å². The molecule has 1 aliphatic heterocycles. The molecule has 0 aliphatic carbocycles. The van der Waals surface area contributed by atoms with Crippen LogP contribution in [0.2, 0.25) is 0 Å². The number of benzene rings is 1. The van der Waals surface area contributed by atoms with Crippen LogP contribution in [0.1, 0.15) is 0 Å². The molecule has 3 N–H and O–H groups in total. The Morgan fingerprint density at radius 1 is 1.23 bits per heavy atom. The van der Waals surface area contributed by atoms with Crippen LogP contribution in [-0.2, 0) is 0 Å². The van der Waals surface area contributed by atoms with Crippen LogP contribution < -0.4 is 10.1 Å². The summed E-state index contributed by atoms with van der Waals surface area (Å²) in [5, 5.41) is 20.5. The van der Waals surface area contributed by atoms with E-state index in [1.807, 2.05) is 12.1 Å². The van der Waals surface area contributed by atoms with Gasteiger partial charge in [0.15, 0.2) is 0 Å². The zero-order chi connectivity index (χ0) is 9.26. The molecule has 0 saturated carbocycles. The van der Waals surface area contributed by atoms with Gasteiger partial charge in [-0.15, -0.1) is 0 Å². The summed E-state index contributed by atoms with van der Waals surface area (Å²) in [4.78, 5) is 0. The lowest BCUT2D eigenvalue weighted by Gasteiger charge is -2.18. The Hall–Kier alpha value is -1.46.